The van der Waals surface area contributed by atoms with Crippen LogP contribution in [0.3, 0.4) is 0 Å². The lowest BCUT2D eigenvalue weighted by atomic mass is 9.97. The fourth-order valence-corrected chi connectivity index (χ4v) is 3.24. The van der Waals surface area contributed by atoms with Crippen LogP contribution in [0, 0.1) is 0 Å². The number of carbonyl (C=O) groups is 1. The van der Waals surface area contributed by atoms with Crippen molar-refractivity contribution in [1.29, 1.82) is 0 Å². The zero-order valence-corrected chi connectivity index (χ0v) is 15.8. The molecule has 0 N–H and O–H groups in total. The summed E-state index contributed by atoms with van der Waals surface area (Å²) in [6.07, 6.45) is -2.04. The fraction of sp³-hybridized carbons (Fsp3) is 0.190. The highest BCUT2D eigenvalue weighted by molar-refractivity contribution is 5.76. The van der Waals surface area contributed by atoms with Crippen molar-refractivity contribution in [3.05, 3.63) is 72.3 Å². The zero-order valence-electron chi connectivity index (χ0n) is 15.8. The van der Waals surface area contributed by atoms with E-state index < -0.39 is 12.5 Å². The maximum atomic E-state index is 12.4. The summed E-state index contributed by atoms with van der Waals surface area (Å²) in [5, 5.41) is 0. The third kappa shape index (κ3) is 4.19. The Balaban J connectivity index is 1.59. The van der Waals surface area contributed by atoms with Crippen LogP contribution in [0.15, 0.2) is 60.9 Å². The quantitative estimate of drug-likeness (QED) is 0.592. The van der Waals surface area contributed by atoms with E-state index in [0.717, 1.165) is 11.1 Å². The second-order valence-corrected chi connectivity index (χ2v) is 6.66. The van der Waals surface area contributed by atoms with Crippen molar-refractivity contribution >= 4 is 6.09 Å². The summed E-state index contributed by atoms with van der Waals surface area (Å²) < 4.78 is 46.4. The van der Waals surface area contributed by atoms with Gasteiger partial charge in [-0.25, -0.2) is 14.8 Å². The van der Waals surface area contributed by atoms with Crippen LogP contribution in [0.25, 0.3) is 11.1 Å². The lowest BCUT2D eigenvalue weighted by Crippen LogP contribution is -2.39. The van der Waals surface area contributed by atoms with Gasteiger partial charge in [-0.15, -0.1) is 13.2 Å². The van der Waals surface area contributed by atoms with Crippen molar-refractivity contribution in [1.82, 2.24) is 14.9 Å². The molecule has 0 aliphatic carbocycles. The second-order valence-electron chi connectivity index (χ2n) is 6.66. The molecule has 1 aliphatic heterocycles. The van der Waals surface area contributed by atoms with Crippen molar-refractivity contribution in [3.63, 3.8) is 0 Å². The number of halogens is 3. The van der Waals surface area contributed by atoms with Crippen molar-refractivity contribution in [2.24, 2.45) is 0 Å². The Morgan fingerprint density at radius 3 is 2.40 bits per heavy atom. The number of rotatable bonds is 4. The van der Waals surface area contributed by atoms with E-state index in [1.807, 2.05) is 13.0 Å². The van der Waals surface area contributed by atoms with Crippen molar-refractivity contribution in [3.8, 4) is 22.6 Å². The Labute approximate surface area is 169 Å². The summed E-state index contributed by atoms with van der Waals surface area (Å²) >= 11 is 0. The molecule has 3 aromatic rings. The molecule has 0 saturated heterocycles. The lowest BCUT2D eigenvalue weighted by molar-refractivity contribution is -0.274. The van der Waals surface area contributed by atoms with Gasteiger partial charge in [0.05, 0.1) is 12.6 Å². The van der Waals surface area contributed by atoms with Crippen LogP contribution < -0.4 is 9.47 Å². The molecule has 1 amide bonds. The van der Waals surface area contributed by atoms with Gasteiger partial charge in [0.25, 0.3) is 0 Å². The Morgan fingerprint density at radius 1 is 1.07 bits per heavy atom. The van der Waals surface area contributed by atoms with Gasteiger partial charge >= 0.3 is 12.5 Å². The Kier molecular flexibility index (Phi) is 5.03. The highest BCUT2D eigenvalue weighted by Gasteiger charge is 2.33. The van der Waals surface area contributed by atoms with E-state index in [1.54, 1.807) is 30.6 Å². The SMILES string of the molecule is CC1c2cc(-c3ccc(OC(F)(F)F)cc3)ccc2OC(=O)N1Cc1ncccn1. The van der Waals surface area contributed by atoms with Crippen LogP contribution in [0.5, 0.6) is 11.5 Å². The number of amides is 1. The minimum absolute atomic E-state index is 0.188. The van der Waals surface area contributed by atoms with Gasteiger partial charge in [0.1, 0.15) is 17.3 Å². The van der Waals surface area contributed by atoms with Gasteiger partial charge in [0, 0.05) is 18.0 Å². The molecule has 4 rings (SSSR count). The predicted molar refractivity (Wildman–Crippen MR) is 101 cm³/mol. The van der Waals surface area contributed by atoms with Crippen molar-refractivity contribution < 1.29 is 27.4 Å². The van der Waals surface area contributed by atoms with E-state index in [-0.39, 0.29) is 18.3 Å². The monoisotopic (exact) mass is 415 g/mol. The molecule has 1 aromatic heterocycles. The first-order valence-electron chi connectivity index (χ1n) is 9.04. The molecule has 0 fully saturated rings. The normalized spacial score (nSPS) is 16.1. The predicted octanol–water partition coefficient (Wildman–Crippen LogP) is 5.12. The Hall–Kier alpha value is -3.62. The highest BCUT2D eigenvalue weighted by Crippen LogP contribution is 2.38. The Morgan fingerprint density at radius 2 is 1.73 bits per heavy atom. The van der Waals surface area contributed by atoms with E-state index in [2.05, 4.69) is 14.7 Å². The van der Waals surface area contributed by atoms with Crippen LogP contribution >= 0.6 is 0 Å². The number of benzene rings is 2. The van der Waals surface area contributed by atoms with Crippen LogP contribution in [-0.2, 0) is 6.54 Å². The molecule has 0 radical (unpaired) electrons. The van der Waals surface area contributed by atoms with Gasteiger partial charge in [0.2, 0.25) is 0 Å². The minimum atomic E-state index is -4.74. The minimum Gasteiger partial charge on any atom is -0.410 e. The Bertz CT molecular complexity index is 1060. The largest absolute Gasteiger partial charge is 0.573 e. The van der Waals surface area contributed by atoms with Crippen LogP contribution in [0.2, 0.25) is 0 Å². The summed E-state index contributed by atoms with van der Waals surface area (Å²) in [5.74, 6) is 0.639. The van der Waals surface area contributed by atoms with Gasteiger partial charge in [-0.3, -0.25) is 4.90 Å². The molecule has 9 heteroatoms. The standard InChI is InChI=1S/C21H16F3N3O3/c1-13-17-11-15(14-3-6-16(7-4-14)30-21(22,23)24)5-8-18(17)29-20(28)27(13)12-19-25-9-2-10-26-19/h2-11,13H,12H2,1H3. The van der Waals surface area contributed by atoms with E-state index in [0.29, 0.717) is 17.1 Å². The number of hydrogen-bond donors (Lipinski definition) is 0. The van der Waals surface area contributed by atoms with E-state index in [9.17, 15) is 18.0 Å². The smallest absolute Gasteiger partial charge is 0.410 e. The summed E-state index contributed by atoms with van der Waals surface area (Å²) in [6, 6.07) is 12.2. The summed E-state index contributed by atoms with van der Waals surface area (Å²) in [6.45, 7) is 2.06. The fourth-order valence-electron chi connectivity index (χ4n) is 3.24. The molecule has 6 nitrogen and oxygen atoms in total. The van der Waals surface area contributed by atoms with Gasteiger partial charge in [0.15, 0.2) is 0 Å². The number of ether oxygens (including phenoxy) is 2. The number of hydrogen-bond acceptors (Lipinski definition) is 5. The number of carbonyl (C=O) groups excluding carboxylic acids is 1. The molecule has 154 valence electrons. The summed E-state index contributed by atoms with van der Waals surface area (Å²) in [5.41, 5.74) is 2.25. The molecule has 1 aliphatic rings. The van der Waals surface area contributed by atoms with Crippen LogP contribution in [0.1, 0.15) is 24.4 Å². The number of alkyl halides is 3. The second kappa shape index (κ2) is 7.66. The van der Waals surface area contributed by atoms with Crippen molar-refractivity contribution in [2.45, 2.75) is 25.9 Å². The first-order valence-corrected chi connectivity index (χ1v) is 9.04. The number of aromatic nitrogens is 2. The van der Waals surface area contributed by atoms with Gasteiger partial charge in [-0.05, 0) is 48.4 Å². The van der Waals surface area contributed by atoms with Crippen LogP contribution in [-0.4, -0.2) is 27.3 Å². The van der Waals surface area contributed by atoms with E-state index in [1.165, 1.54) is 29.2 Å². The van der Waals surface area contributed by atoms with E-state index in [4.69, 9.17) is 4.74 Å². The number of nitrogens with zero attached hydrogens (tertiary/aromatic N) is 3. The molecule has 1 atom stereocenters. The molecular weight excluding hydrogens is 399 g/mol. The first kappa shape index (κ1) is 19.7. The molecule has 30 heavy (non-hydrogen) atoms. The maximum Gasteiger partial charge on any atom is 0.573 e. The third-order valence-corrected chi connectivity index (χ3v) is 4.71. The van der Waals surface area contributed by atoms with Gasteiger partial charge in [-0.1, -0.05) is 18.2 Å². The molecular formula is C21H16F3N3O3. The van der Waals surface area contributed by atoms with Gasteiger partial charge in [-0.2, -0.15) is 0 Å². The average molecular weight is 415 g/mol. The zero-order chi connectivity index (χ0) is 21.3. The first-order chi connectivity index (χ1) is 14.3. The molecule has 0 saturated carbocycles. The average Bonchev–Trinajstić information content (AvgIpc) is 2.71. The highest BCUT2D eigenvalue weighted by atomic mass is 19.4. The number of fused-ring (bicyclic) bond motifs is 1. The summed E-state index contributed by atoms with van der Waals surface area (Å²) in [7, 11) is 0. The molecule has 0 bridgehead atoms. The van der Waals surface area contributed by atoms with Crippen molar-refractivity contribution in [2.75, 3.05) is 0 Å². The van der Waals surface area contributed by atoms with Crippen LogP contribution in [0.4, 0.5) is 18.0 Å². The molecule has 2 heterocycles. The molecule has 2 aromatic carbocycles. The van der Waals surface area contributed by atoms with Gasteiger partial charge < -0.3 is 9.47 Å². The lowest BCUT2D eigenvalue weighted by Gasteiger charge is -2.33. The molecule has 0 spiro atoms. The summed E-state index contributed by atoms with van der Waals surface area (Å²) in [4.78, 5) is 22.2. The van der Waals surface area contributed by atoms with E-state index >= 15 is 0 Å². The molecule has 1 unspecified atom stereocenters. The maximum absolute atomic E-state index is 12.4. The topological polar surface area (TPSA) is 64.6 Å². The third-order valence-electron chi connectivity index (χ3n) is 4.71.